The second-order valence-electron chi connectivity index (χ2n) is 4.59. The zero-order valence-electron chi connectivity index (χ0n) is 10.9. The van der Waals surface area contributed by atoms with E-state index in [4.69, 9.17) is 25.2 Å². The van der Waals surface area contributed by atoms with Crippen molar-refractivity contribution in [1.29, 1.82) is 0 Å². The van der Waals surface area contributed by atoms with Crippen LogP contribution in [-0.2, 0) is 18.6 Å². The molecule has 0 saturated carbocycles. The molecule has 2 unspecified atom stereocenters. The molecule has 1 rings (SSSR count). The molecule has 0 aromatic heterocycles. The fraction of sp³-hybridized carbons (Fsp3) is 1.00. The molecule has 108 valence electrons. The van der Waals surface area contributed by atoms with Crippen LogP contribution in [0.5, 0.6) is 0 Å². The summed E-state index contributed by atoms with van der Waals surface area (Å²) < 4.78 is 29.8. The van der Waals surface area contributed by atoms with Crippen molar-refractivity contribution in [1.82, 2.24) is 4.67 Å². The van der Waals surface area contributed by atoms with E-state index in [0.717, 1.165) is 0 Å². The van der Waals surface area contributed by atoms with Crippen molar-refractivity contribution in [2.45, 2.75) is 32.2 Å². The largest absolute Gasteiger partial charge is 0.362 e. The van der Waals surface area contributed by atoms with Gasteiger partial charge in [-0.15, -0.1) is 0 Å². The van der Waals surface area contributed by atoms with E-state index in [-0.39, 0.29) is 12.7 Å². The molecule has 0 N–H and O–H groups in total. The third-order valence-corrected chi connectivity index (χ3v) is 5.51. The van der Waals surface area contributed by atoms with Crippen LogP contribution >= 0.6 is 34.0 Å². The first kappa shape index (κ1) is 16.9. The Hall–Kier alpha value is 0.840. The number of hydrogen-bond acceptors (Lipinski definition) is 4. The average Bonchev–Trinajstić information content (AvgIpc) is 2.58. The molecule has 0 bridgehead atoms. The first-order chi connectivity index (χ1) is 8.27. The Bertz CT molecular complexity index is 318. The van der Waals surface area contributed by atoms with Crippen LogP contribution in [0.1, 0.15) is 20.3 Å². The van der Waals surface area contributed by atoms with Gasteiger partial charge < -0.3 is 14.0 Å². The summed E-state index contributed by atoms with van der Waals surface area (Å²) in [5.74, 6) is -0.540. The minimum absolute atomic E-state index is 0.0295. The summed E-state index contributed by atoms with van der Waals surface area (Å²) in [5, 5.41) is 0.692. The van der Waals surface area contributed by atoms with Gasteiger partial charge in [-0.2, -0.15) is 0 Å². The zero-order valence-corrected chi connectivity index (χ0v) is 14.1. The monoisotopic (exact) mass is 363 g/mol. The molecule has 1 fully saturated rings. The number of nitrogens with zero attached hydrogens (tertiary/aromatic N) is 1. The van der Waals surface area contributed by atoms with E-state index in [2.05, 4.69) is 15.9 Å². The molecule has 18 heavy (non-hydrogen) atoms. The molecule has 5 nitrogen and oxygen atoms in total. The Morgan fingerprint density at radius 3 is 2.78 bits per heavy atom. The smallest absolute Gasteiger partial charge is 0.348 e. The standard InChI is InChI=1S/C10H20BrClNO4P/c1-10(2)15-8-9(17-10)4-7-16-18(12,14)13(3)6-5-11/h9H,4-8H2,1-3H3. The maximum atomic E-state index is 12.0. The summed E-state index contributed by atoms with van der Waals surface area (Å²) in [6.45, 7) is 1.90. The van der Waals surface area contributed by atoms with Crippen molar-refractivity contribution < 1.29 is 18.6 Å². The zero-order chi connectivity index (χ0) is 13.8. The van der Waals surface area contributed by atoms with E-state index in [9.17, 15) is 4.57 Å². The fourth-order valence-electron chi connectivity index (χ4n) is 1.54. The lowest BCUT2D eigenvalue weighted by atomic mass is 10.3. The van der Waals surface area contributed by atoms with Crippen LogP contribution in [-0.4, -0.2) is 48.7 Å². The van der Waals surface area contributed by atoms with Crippen LogP contribution in [0.15, 0.2) is 0 Å². The van der Waals surface area contributed by atoms with E-state index < -0.39 is 12.7 Å². The molecular weight excluding hydrogens is 344 g/mol. The Morgan fingerprint density at radius 2 is 2.28 bits per heavy atom. The summed E-state index contributed by atoms with van der Waals surface area (Å²) in [5.41, 5.74) is 0. The second-order valence-corrected chi connectivity index (χ2v) is 8.51. The van der Waals surface area contributed by atoms with E-state index in [1.807, 2.05) is 13.8 Å². The minimum atomic E-state index is -3.21. The second kappa shape index (κ2) is 7.02. The number of hydrogen-bond donors (Lipinski definition) is 0. The number of ether oxygens (including phenoxy) is 2. The highest BCUT2D eigenvalue weighted by Gasteiger charge is 2.33. The van der Waals surface area contributed by atoms with E-state index in [1.54, 1.807) is 7.05 Å². The molecule has 0 aliphatic carbocycles. The van der Waals surface area contributed by atoms with Crippen molar-refractivity contribution in [3.63, 3.8) is 0 Å². The summed E-state index contributed by atoms with van der Waals surface area (Å²) >= 11 is 9.14. The highest BCUT2D eigenvalue weighted by atomic mass is 79.9. The van der Waals surface area contributed by atoms with Crippen LogP contribution in [0.4, 0.5) is 0 Å². The minimum Gasteiger partial charge on any atom is -0.348 e. The molecular formula is C10H20BrClNO4P. The van der Waals surface area contributed by atoms with Gasteiger partial charge in [-0.05, 0) is 38.6 Å². The fourth-order valence-corrected chi connectivity index (χ4v) is 3.65. The molecule has 1 aliphatic rings. The molecule has 0 radical (unpaired) electrons. The van der Waals surface area contributed by atoms with Crippen molar-refractivity contribution in [3.05, 3.63) is 0 Å². The molecule has 8 heteroatoms. The van der Waals surface area contributed by atoms with Crippen LogP contribution in [0.2, 0.25) is 0 Å². The molecule has 0 spiro atoms. The van der Waals surface area contributed by atoms with Gasteiger partial charge in [0.2, 0.25) is 0 Å². The summed E-state index contributed by atoms with van der Waals surface area (Å²) in [6, 6.07) is 0. The third-order valence-electron chi connectivity index (χ3n) is 2.57. The summed E-state index contributed by atoms with van der Waals surface area (Å²) in [6.07, 6.45) is 0.584. The molecule has 0 aromatic rings. The summed E-state index contributed by atoms with van der Waals surface area (Å²) in [4.78, 5) is 0. The van der Waals surface area contributed by atoms with Gasteiger partial charge in [-0.25, -0.2) is 4.67 Å². The predicted octanol–water partition coefficient (Wildman–Crippen LogP) is 3.22. The van der Waals surface area contributed by atoms with Gasteiger partial charge in [0.1, 0.15) is 0 Å². The van der Waals surface area contributed by atoms with Crippen LogP contribution in [0.3, 0.4) is 0 Å². The SMILES string of the molecule is CN(CCBr)P(=O)(Cl)OCCC1COC(C)(C)O1. The van der Waals surface area contributed by atoms with Gasteiger partial charge in [-0.1, -0.05) is 15.9 Å². The topological polar surface area (TPSA) is 48.0 Å². The van der Waals surface area contributed by atoms with E-state index >= 15 is 0 Å². The lowest BCUT2D eigenvalue weighted by Gasteiger charge is -2.22. The first-order valence-electron chi connectivity index (χ1n) is 5.80. The molecule has 0 aromatic carbocycles. The maximum absolute atomic E-state index is 12.0. The van der Waals surface area contributed by atoms with Gasteiger partial charge in [0, 0.05) is 11.9 Å². The van der Waals surface area contributed by atoms with Crippen LogP contribution in [0.25, 0.3) is 0 Å². The van der Waals surface area contributed by atoms with Crippen LogP contribution in [0, 0.1) is 0 Å². The predicted molar refractivity (Wildman–Crippen MR) is 75.4 cm³/mol. The van der Waals surface area contributed by atoms with E-state index in [1.165, 1.54) is 4.67 Å². The first-order valence-corrected chi connectivity index (χ1v) is 9.41. The Labute approximate surface area is 122 Å². The maximum Gasteiger partial charge on any atom is 0.362 e. The van der Waals surface area contributed by atoms with Gasteiger partial charge in [0.25, 0.3) is 0 Å². The Morgan fingerprint density at radius 1 is 1.61 bits per heavy atom. The lowest BCUT2D eigenvalue weighted by Crippen LogP contribution is -2.22. The molecule has 0 amide bonds. The van der Waals surface area contributed by atoms with Crippen molar-refractivity contribution >= 4 is 34.0 Å². The van der Waals surface area contributed by atoms with Gasteiger partial charge in [-0.3, -0.25) is 4.57 Å². The normalized spacial score (nSPS) is 26.4. The quantitative estimate of drug-likeness (QED) is 0.513. The highest BCUT2D eigenvalue weighted by Crippen LogP contribution is 2.55. The van der Waals surface area contributed by atoms with Crippen LogP contribution < -0.4 is 0 Å². The molecule has 1 aliphatic heterocycles. The lowest BCUT2D eigenvalue weighted by molar-refractivity contribution is -0.139. The van der Waals surface area contributed by atoms with E-state index in [0.29, 0.717) is 24.9 Å². The summed E-state index contributed by atoms with van der Waals surface area (Å²) in [7, 11) is 1.67. The number of halogens is 2. The van der Waals surface area contributed by atoms with Crippen molar-refractivity contribution in [3.8, 4) is 0 Å². The molecule has 1 heterocycles. The Balaban J connectivity index is 2.27. The van der Waals surface area contributed by atoms with Gasteiger partial charge in [0.15, 0.2) is 5.79 Å². The number of rotatable bonds is 7. The number of alkyl halides is 1. The van der Waals surface area contributed by atoms with Crippen molar-refractivity contribution in [2.24, 2.45) is 0 Å². The average molecular weight is 365 g/mol. The highest BCUT2D eigenvalue weighted by molar-refractivity contribution is 9.09. The van der Waals surface area contributed by atoms with Crippen molar-refractivity contribution in [2.75, 3.05) is 32.1 Å². The van der Waals surface area contributed by atoms with Gasteiger partial charge in [0.05, 0.1) is 19.3 Å². The molecule has 2 atom stereocenters. The molecule has 1 saturated heterocycles. The third kappa shape index (κ3) is 5.45. The van der Waals surface area contributed by atoms with Gasteiger partial charge >= 0.3 is 6.87 Å². The Kier molecular flexibility index (Phi) is 6.59.